The van der Waals surface area contributed by atoms with Crippen LogP contribution in [0.1, 0.15) is 36.8 Å². The molecular formula is C28H37N5O5. The van der Waals surface area contributed by atoms with Crippen molar-refractivity contribution in [3.05, 3.63) is 41.3 Å². The molecule has 1 saturated heterocycles. The number of aromatic nitrogens is 3. The zero-order valence-corrected chi connectivity index (χ0v) is 22.8. The predicted octanol–water partition coefficient (Wildman–Crippen LogP) is 3.32. The fourth-order valence-electron chi connectivity index (χ4n) is 4.65. The van der Waals surface area contributed by atoms with Gasteiger partial charge in [0.05, 0.1) is 23.6 Å². The third-order valence-corrected chi connectivity index (χ3v) is 6.86. The zero-order chi connectivity index (χ0) is 27.2. The van der Waals surface area contributed by atoms with Crippen LogP contribution in [0.25, 0.3) is 22.6 Å². The molecule has 1 aliphatic heterocycles. The molecule has 0 spiro atoms. The largest absolute Gasteiger partial charge is 0.491 e. The Hall–Kier alpha value is -3.50. The first-order valence-electron chi connectivity index (χ1n) is 13.0. The smallest absolute Gasteiger partial charge is 0.220 e. The van der Waals surface area contributed by atoms with Crippen molar-refractivity contribution in [1.29, 1.82) is 0 Å². The van der Waals surface area contributed by atoms with Crippen LogP contribution in [0.3, 0.4) is 0 Å². The number of hydrogen-bond donors (Lipinski definition) is 2. The van der Waals surface area contributed by atoms with Crippen molar-refractivity contribution < 1.29 is 23.9 Å². The number of aryl methyl sites for hydroxylation is 2. The van der Waals surface area contributed by atoms with Gasteiger partial charge in [0, 0.05) is 37.7 Å². The first-order chi connectivity index (χ1) is 18.3. The first-order valence-corrected chi connectivity index (χ1v) is 13.0. The summed E-state index contributed by atoms with van der Waals surface area (Å²) < 4.78 is 17.5. The van der Waals surface area contributed by atoms with Gasteiger partial charge in [-0.3, -0.25) is 4.79 Å². The molecule has 0 aliphatic carbocycles. The maximum atomic E-state index is 11.7. The Kier molecular flexibility index (Phi) is 8.96. The minimum absolute atomic E-state index is 0.118. The van der Waals surface area contributed by atoms with E-state index in [2.05, 4.69) is 10.5 Å². The Balaban J connectivity index is 1.62. The third kappa shape index (κ3) is 6.49. The second-order valence-corrected chi connectivity index (χ2v) is 9.84. The number of likely N-dealkylation sites (tertiary alicyclic amines) is 1. The molecule has 2 N–H and O–H groups in total. The average Bonchev–Trinajstić information content (AvgIpc) is 3.25. The van der Waals surface area contributed by atoms with Gasteiger partial charge in [-0.2, -0.15) is 4.98 Å². The van der Waals surface area contributed by atoms with Crippen molar-refractivity contribution in [1.82, 2.24) is 25.3 Å². The molecule has 10 heteroatoms. The topological polar surface area (TPSA) is 123 Å². The molecule has 0 saturated carbocycles. The minimum atomic E-state index is -0.618. The lowest BCUT2D eigenvalue weighted by atomic mass is 9.98. The fourth-order valence-corrected chi connectivity index (χ4v) is 4.65. The van der Waals surface area contributed by atoms with Crippen LogP contribution in [0.15, 0.2) is 28.8 Å². The Morgan fingerprint density at radius 2 is 1.97 bits per heavy atom. The lowest BCUT2D eigenvalue weighted by molar-refractivity contribution is -0.130. The van der Waals surface area contributed by atoms with E-state index in [1.165, 1.54) is 0 Å². The van der Waals surface area contributed by atoms with Gasteiger partial charge in [0.25, 0.3) is 0 Å². The number of likely N-dealkylation sites (N-methyl/N-ethyl adjacent to an activating group) is 1. The molecule has 3 aromatic rings. The lowest BCUT2D eigenvalue weighted by Gasteiger charge is -2.31. The third-order valence-electron chi connectivity index (χ3n) is 6.86. The number of nitrogens with one attached hydrogen (secondary N) is 1. The molecule has 4 rings (SSSR count). The Morgan fingerprint density at radius 1 is 1.21 bits per heavy atom. The predicted molar refractivity (Wildman–Crippen MR) is 143 cm³/mol. The van der Waals surface area contributed by atoms with Gasteiger partial charge < -0.3 is 29.3 Å². The van der Waals surface area contributed by atoms with Crippen LogP contribution in [0.2, 0.25) is 0 Å². The van der Waals surface area contributed by atoms with Gasteiger partial charge >= 0.3 is 0 Å². The van der Waals surface area contributed by atoms with Crippen molar-refractivity contribution >= 4 is 5.91 Å². The van der Waals surface area contributed by atoms with E-state index in [0.29, 0.717) is 48.0 Å². The summed E-state index contributed by atoms with van der Waals surface area (Å²) in [5, 5.41) is 17.1. The maximum Gasteiger partial charge on any atom is 0.220 e. The number of ether oxygens (including phenoxy) is 2. The fraction of sp³-hybridized carbons (Fsp3) is 0.500. The molecule has 0 radical (unpaired) electrons. The normalized spacial score (nSPS) is 14.9. The molecule has 1 fully saturated rings. The summed E-state index contributed by atoms with van der Waals surface area (Å²) in [6.07, 6.45) is 1.17. The minimum Gasteiger partial charge on any atom is -0.491 e. The van der Waals surface area contributed by atoms with Crippen LogP contribution in [-0.4, -0.2) is 77.0 Å². The Labute approximate surface area is 223 Å². The molecule has 3 heterocycles. The van der Waals surface area contributed by atoms with Crippen molar-refractivity contribution in [3.63, 3.8) is 0 Å². The second-order valence-electron chi connectivity index (χ2n) is 9.84. The molecule has 1 amide bonds. The number of benzene rings is 1. The summed E-state index contributed by atoms with van der Waals surface area (Å²) in [6.45, 7) is 9.93. The highest BCUT2D eigenvalue weighted by Gasteiger charge is 2.24. The van der Waals surface area contributed by atoms with E-state index in [4.69, 9.17) is 24.0 Å². The van der Waals surface area contributed by atoms with Crippen molar-refractivity contribution in [2.24, 2.45) is 5.92 Å². The van der Waals surface area contributed by atoms with Crippen LogP contribution < -0.4 is 14.8 Å². The van der Waals surface area contributed by atoms with E-state index < -0.39 is 6.10 Å². The molecule has 10 nitrogen and oxygen atoms in total. The summed E-state index contributed by atoms with van der Waals surface area (Å²) in [5.74, 6) is 2.75. The standard InChI is InChI=1S/C28H37N5O5/c1-17-26(25-18(2)32-38-19(25)3)30-27(22-7-6-8-24(13-22)36-16-23(35)14-29-5)31-28(17)37-15-21-9-11-33(12-10-21)20(4)34/h6-8,13,21,23,29,35H,9-12,14-16H2,1-5H3. The highest BCUT2D eigenvalue weighted by molar-refractivity contribution is 5.73. The number of amides is 1. The molecule has 1 atom stereocenters. The van der Waals surface area contributed by atoms with E-state index in [1.807, 2.05) is 49.9 Å². The van der Waals surface area contributed by atoms with Gasteiger partial charge in [-0.05, 0) is 58.7 Å². The molecular weight excluding hydrogens is 486 g/mol. The van der Waals surface area contributed by atoms with Crippen molar-refractivity contribution in [2.75, 3.05) is 39.9 Å². The van der Waals surface area contributed by atoms with E-state index in [9.17, 15) is 9.90 Å². The number of aliphatic hydroxyl groups excluding tert-OH is 1. The van der Waals surface area contributed by atoms with Gasteiger partial charge in [-0.15, -0.1) is 0 Å². The molecule has 1 aromatic carbocycles. The molecule has 1 aliphatic rings. The summed E-state index contributed by atoms with van der Waals surface area (Å²) >= 11 is 0. The SMILES string of the molecule is CNCC(O)COc1cccc(-c2nc(OCC3CCN(C(C)=O)CC3)c(C)c(-c3c(C)noc3C)n2)c1. The second kappa shape index (κ2) is 12.4. The average molecular weight is 524 g/mol. The number of piperidine rings is 1. The quantitative estimate of drug-likeness (QED) is 0.412. The molecule has 1 unspecified atom stereocenters. The van der Waals surface area contributed by atoms with Crippen LogP contribution >= 0.6 is 0 Å². The van der Waals surface area contributed by atoms with Crippen LogP contribution in [0.4, 0.5) is 0 Å². The first kappa shape index (κ1) is 27.5. The van der Waals surface area contributed by atoms with Crippen molar-refractivity contribution in [3.8, 4) is 34.3 Å². The van der Waals surface area contributed by atoms with Gasteiger partial charge in [-0.25, -0.2) is 4.98 Å². The maximum absolute atomic E-state index is 11.7. The van der Waals surface area contributed by atoms with E-state index in [0.717, 1.165) is 48.3 Å². The van der Waals surface area contributed by atoms with Crippen molar-refractivity contribution in [2.45, 2.75) is 46.6 Å². The van der Waals surface area contributed by atoms with Gasteiger partial charge in [0.15, 0.2) is 5.82 Å². The highest BCUT2D eigenvalue weighted by atomic mass is 16.5. The van der Waals surface area contributed by atoms with Gasteiger partial charge in [0.1, 0.15) is 24.2 Å². The monoisotopic (exact) mass is 523 g/mol. The summed E-state index contributed by atoms with van der Waals surface area (Å²) in [4.78, 5) is 23.3. The summed E-state index contributed by atoms with van der Waals surface area (Å²) in [5.41, 5.74) is 3.86. The van der Waals surface area contributed by atoms with Gasteiger partial charge in [0.2, 0.25) is 11.8 Å². The number of carbonyl (C=O) groups is 1. The number of nitrogens with zero attached hydrogens (tertiary/aromatic N) is 4. The number of carbonyl (C=O) groups excluding carboxylic acids is 1. The molecule has 0 bridgehead atoms. The molecule has 204 valence electrons. The van der Waals surface area contributed by atoms with Gasteiger partial charge in [-0.1, -0.05) is 17.3 Å². The number of rotatable bonds is 10. The molecule has 38 heavy (non-hydrogen) atoms. The van der Waals surface area contributed by atoms with E-state index in [-0.39, 0.29) is 12.5 Å². The highest BCUT2D eigenvalue weighted by Crippen LogP contribution is 2.35. The van der Waals surface area contributed by atoms with Crippen LogP contribution in [-0.2, 0) is 4.79 Å². The summed E-state index contributed by atoms with van der Waals surface area (Å²) in [6, 6.07) is 7.48. The molecule has 2 aromatic heterocycles. The number of aliphatic hydroxyl groups is 1. The van der Waals surface area contributed by atoms with E-state index in [1.54, 1.807) is 14.0 Å². The zero-order valence-electron chi connectivity index (χ0n) is 22.8. The summed E-state index contributed by atoms with van der Waals surface area (Å²) in [7, 11) is 1.78. The Bertz CT molecular complexity index is 1230. The Morgan fingerprint density at radius 3 is 2.63 bits per heavy atom. The van der Waals surface area contributed by atoms with Crippen LogP contribution in [0.5, 0.6) is 11.6 Å². The van der Waals surface area contributed by atoms with Crippen LogP contribution in [0, 0.1) is 26.7 Å². The number of hydrogen-bond acceptors (Lipinski definition) is 9. The lowest BCUT2D eigenvalue weighted by Crippen LogP contribution is -2.38. The van der Waals surface area contributed by atoms with E-state index >= 15 is 0 Å².